The smallest absolute Gasteiger partial charge is 0.338 e. The molecular weight excluding hydrogens is 242 g/mol. The number of carbonyl (C=O) groups excluding carboxylic acids is 1. The normalized spacial score (nSPS) is 12.1. The molecule has 0 aliphatic carbocycles. The van der Waals surface area contributed by atoms with E-state index in [2.05, 4.69) is 15.3 Å². The van der Waals surface area contributed by atoms with Gasteiger partial charge in [0.15, 0.2) is 0 Å². The van der Waals surface area contributed by atoms with E-state index < -0.39 is 0 Å². The van der Waals surface area contributed by atoms with Crippen LogP contribution in [0.25, 0.3) is 0 Å². The first-order chi connectivity index (χ1) is 9.22. The number of nitrogens with zero attached hydrogens (tertiary/aromatic N) is 1. The summed E-state index contributed by atoms with van der Waals surface area (Å²) in [5.41, 5.74) is 1.50. The number of carbonyl (C=O) groups is 1. The van der Waals surface area contributed by atoms with E-state index >= 15 is 0 Å². The van der Waals surface area contributed by atoms with Gasteiger partial charge in [-0.3, -0.25) is 0 Å². The van der Waals surface area contributed by atoms with E-state index in [1.54, 1.807) is 18.5 Å². The number of esters is 1. The maximum Gasteiger partial charge on any atom is 0.338 e. The van der Waals surface area contributed by atoms with Gasteiger partial charge in [-0.15, -0.1) is 0 Å². The van der Waals surface area contributed by atoms with E-state index in [0.717, 1.165) is 11.4 Å². The average Bonchev–Trinajstić information content (AvgIpc) is 2.98. The van der Waals surface area contributed by atoms with Crippen LogP contribution >= 0.6 is 0 Å². The Bertz CT molecular complexity index is 537. The first-order valence-corrected chi connectivity index (χ1v) is 6.11. The Morgan fingerprint density at radius 3 is 2.95 bits per heavy atom. The van der Waals surface area contributed by atoms with Gasteiger partial charge in [0.1, 0.15) is 5.82 Å². The summed E-state index contributed by atoms with van der Waals surface area (Å²) in [6.07, 6.45) is 3.51. The molecule has 5 heteroatoms. The first-order valence-electron chi connectivity index (χ1n) is 6.11. The van der Waals surface area contributed by atoms with Crippen molar-refractivity contribution in [1.82, 2.24) is 15.3 Å². The summed E-state index contributed by atoms with van der Waals surface area (Å²) < 4.78 is 4.77. The summed E-state index contributed by atoms with van der Waals surface area (Å²) >= 11 is 0. The van der Waals surface area contributed by atoms with Crippen molar-refractivity contribution in [2.75, 3.05) is 7.11 Å². The molecule has 1 aromatic carbocycles. The fourth-order valence-electron chi connectivity index (χ4n) is 1.86. The number of nitrogens with one attached hydrogen (secondary N) is 2. The number of benzene rings is 1. The highest BCUT2D eigenvalue weighted by molar-refractivity contribution is 5.90. The van der Waals surface area contributed by atoms with Crippen molar-refractivity contribution in [3.05, 3.63) is 53.6 Å². The highest BCUT2D eigenvalue weighted by Gasteiger charge is 2.12. The monoisotopic (exact) mass is 259 g/mol. The zero-order valence-corrected chi connectivity index (χ0v) is 11.0. The van der Waals surface area contributed by atoms with Crippen LogP contribution in [0.3, 0.4) is 0 Å². The van der Waals surface area contributed by atoms with Crippen molar-refractivity contribution < 1.29 is 9.53 Å². The van der Waals surface area contributed by atoms with E-state index in [0.29, 0.717) is 12.1 Å². The molecule has 1 unspecified atom stereocenters. The molecule has 0 spiro atoms. The molecule has 1 atom stereocenters. The van der Waals surface area contributed by atoms with Crippen LogP contribution in [0.2, 0.25) is 0 Å². The molecule has 0 saturated heterocycles. The summed E-state index contributed by atoms with van der Waals surface area (Å²) in [4.78, 5) is 18.9. The van der Waals surface area contributed by atoms with E-state index in [-0.39, 0.29) is 12.0 Å². The predicted octanol–water partition coefficient (Wildman–Crippen LogP) is 2.05. The molecule has 19 heavy (non-hydrogen) atoms. The molecule has 2 rings (SSSR count). The largest absolute Gasteiger partial charge is 0.465 e. The van der Waals surface area contributed by atoms with Gasteiger partial charge in [0, 0.05) is 18.9 Å². The molecule has 0 amide bonds. The van der Waals surface area contributed by atoms with Crippen LogP contribution in [0.15, 0.2) is 36.7 Å². The molecule has 0 fully saturated rings. The van der Waals surface area contributed by atoms with Crippen LogP contribution in [0, 0.1) is 0 Å². The fourth-order valence-corrected chi connectivity index (χ4v) is 1.86. The van der Waals surface area contributed by atoms with Crippen molar-refractivity contribution in [3.8, 4) is 0 Å². The van der Waals surface area contributed by atoms with Crippen LogP contribution in [-0.2, 0) is 11.3 Å². The number of ether oxygens (including phenoxy) is 1. The maximum atomic E-state index is 11.6. The molecule has 1 aromatic heterocycles. The van der Waals surface area contributed by atoms with Crippen LogP contribution in [0.4, 0.5) is 0 Å². The minimum atomic E-state index is -0.317. The van der Waals surface area contributed by atoms with Crippen LogP contribution in [-0.4, -0.2) is 23.0 Å². The highest BCUT2D eigenvalue weighted by atomic mass is 16.5. The van der Waals surface area contributed by atoms with Gasteiger partial charge in [-0.1, -0.05) is 18.2 Å². The van der Waals surface area contributed by atoms with E-state index in [4.69, 9.17) is 4.74 Å². The Balaban J connectivity index is 2.05. The lowest BCUT2D eigenvalue weighted by atomic mass is 10.1. The van der Waals surface area contributed by atoms with Gasteiger partial charge in [0.05, 0.1) is 18.7 Å². The van der Waals surface area contributed by atoms with Crippen molar-refractivity contribution in [3.63, 3.8) is 0 Å². The Hall–Kier alpha value is -2.14. The van der Waals surface area contributed by atoms with Gasteiger partial charge >= 0.3 is 5.97 Å². The molecule has 100 valence electrons. The molecule has 2 N–H and O–H groups in total. The lowest BCUT2D eigenvalue weighted by Gasteiger charge is -2.13. The van der Waals surface area contributed by atoms with E-state index in [1.807, 2.05) is 25.1 Å². The Morgan fingerprint density at radius 1 is 1.47 bits per heavy atom. The summed E-state index contributed by atoms with van der Waals surface area (Å²) in [7, 11) is 1.39. The second-order valence-electron chi connectivity index (χ2n) is 4.23. The number of aromatic amines is 1. The molecule has 2 aromatic rings. The Morgan fingerprint density at radius 2 is 2.26 bits per heavy atom. The lowest BCUT2D eigenvalue weighted by Crippen LogP contribution is -2.20. The van der Waals surface area contributed by atoms with Crippen molar-refractivity contribution in [1.29, 1.82) is 0 Å². The van der Waals surface area contributed by atoms with Gasteiger partial charge in [-0.05, 0) is 18.6 Å². The van der Waals surface area contributed by atoms with Gasteiger partial charge in [0.2, 0.25) is 0 Å². The molecule has 1 heterocycles. The molecule has 5 nitrogen and oxygen atoms in total. The Kier molecular flexibility index (Phi) is 4.30. The van der Waals surface area contributed by atoms with Crippen LogP contribution < -0.4 is 5.32 Å². The number of rotatable bonds is 5. The standard InChI is InChI=1S/C14H17N3O2/c1-10(13-15-7-8-16-13)17-9-11-5-3-4-6-12(11)14(18)19-2/h3-8,10,17H,9H2,1-2H3,(H,15,16). The SMILES string of the molecule is COC(=O)c1ccccc1CNC(C)c1ncc[nH]1. The zero-order valence-electron chi connectivity index (χ0n) is 11.0. The van der Waals surface area contributed by atoms with Crippen LogP contribution in [0.1, 0.15) is 34.7 Å². The minimum absolute atomic E-state index is 0.0840. The van der Waals surface area contributed by atoms with Gasteiger partial charge in [0.25, 0.3) is 0 Å². The maximum absolute atomic E-state index is 11.6. The average molecular weight is 259 g/mol. The molecular formula is C14H17N3O2. The van der Waals surface area contributed by atoms with Crippen molar-refractivity contribution in [2.45, 2.75) is 19.5 Å². The van der Waals surface area contributed by atoms with Crippen LogP contribution in [0.5, 0.6) is 0 Å². The molecule has 0 bridgehead atoms. The summed E-state index contributed by atoms with van der Waals surface area (Å²) in [6.45, 7) is 2.59. The number of hydrogen-bond acceptors (Lipinski definition) is 4. The zero-order chi connectivity index (χ0) is 13.7. The molecule has 0 saturated carbocycles. The summed E-state index contributed by atoms with van der Waals surface area (Å²) in [5.74, 6) is 0.554. The van der Waals surface area contributed by atoms with E-state index in [1.165, 1.54) is 7.11 Å². The quantitative estimate of drug-likeness (QED) is 0.806. The highest BCUT2D eigenvalue weighted by Crippen LogP contribution is 2.12. The third-order valence-electron chi connectivity index (χ3n) is 2.95. The number of aromatic nitrogens is 2. The Labute approximate surface area is 112 Å². The third-order valence-corrected chi connectivity index (χ3v) is 2.95. The molecule has 0 aliphatic heterocycles. The fraction of sp³-hybridized carbons (Fsp3) is 0.286. The summed E-state index contributed by atoms with van der Waals surface area (Å²) in [5, 5.41) is 3.32. The summed E-state index contributed by atoms with van der Waals surface area (Å²) in [6, 6.07) is 7.49. The minimum Gasteiger partial charge on any atom is -0.465 e. The molecule has 0 aliphatic rings. The number of methoxy groups -OCH3 is 1. The number of H-pyrrole nitrogens is 1. The second kappa shape index (κ2) is 6.15. The van der Waals surface area contributed by atoms with Gasteiger partial charge < -0.3 is 15.0 Å². The predicted molar refractivity (Wildman–Crippen MR) is 71.6 cm³/mol. The molecule has 0 radical (unpaired) electrons. The van der Waals surface area contributed by atoms with Gasteiger partial charge in [-0.2, -0.15) is 0 Å². The number of hydrogen-bond donors (Lipinski definition) is 2. The van der Waals surface area contributed by atoms with Gasteiger partial charge in [-0.25, -0.2) is 9.78 Å². The van der Waals surface area contributed by atoms with Crippen molar-refractivity contribution >= 4 is 5.97 Å². The van der Waals surface area contributed by atoms with Crippen molar-refractivity contribution in [2.24, 2.45) is 0 Å². The number of imidazole rings is 1. The van der Waals surface area contributed by atoms with E-state index in [9.17, 15) is 4.79 Å². The second-order valence-corrected chi connectivity index (χ2v) is 4.23. The third kappa shape index (κ3) is 3.20. The lowest BCUT2D eigenvalue weighted by molar-refractivity contribution is 0.0599. The first kappa shape index (κ1) is 13.3. The topological polar surface area (TPSA) is 67.0 Å².